The second kappa shape index (κ2) is 11.6. The second-order valence-corrected chi connectivity index (χ2v) is 13.7. The van der Waals surface area contributed by atoms with Gasteiger partial charge in [-0.2, -0.15) is 0 Å². The fourth-order valence-electron chi connectivity index (χ4n) is 5.12. The number of nitrogens with one attached hydrogen (secondary N) is 1. The normalized spacial score (nSPS) is 35.8. The maximum absolute atomic E-state index is 13.0. The van der Waals surface area contributed by atoms with Gasteiger partial charge >= 0.3 is 21.6 Å². The van der Waals surface area contributed by atoms with Gasteiger partial charge in [0.2, 0.25) is 0 Å². The largest absolute Gasteiger partial charge is 0.472 e. The second-order valence-electron chi connectivity index (χ2n) is 10.0. The van der Waals surface area contributed by atoms with E-state index in [0.717, 1.165) is 0 Å². The Morgan fingerprint density at radius 3 is 2.64 bits per heavy atom. The molecule has 0 amide bonds. The van der Waals surface area contributed by atoms with Crippen molar-refractivity contribution in [2.75, 3.05) is 30.6 Å². The van der Waals surface area contributed by atoms with Crippen LogP contribution in [0.2, 0.25) is 0 Å². The Morgan fingerprint density at radius 2 is 1.90 bits per heavy atom. The van der Waals surface area contributed by atoms with Crippen molar-refractivity contribution in [3.63, 3.8) is 0 Å². The van der Waals surface area contributed by atoms with Crippen molar-refractivity contribution < 1.29 is 61.5 Å². The van der Waals surface area contributed by atoms with Crippen LogP contribution < -0.4 is 11.1 Å². The first kappa shape index (κ1) is 30.3. The first-order valence-electron chi connectivity index (χ1n) is 12.7. The average Bonchev–Trinajstić information content (AvgIpc) is 3.33. The third-order valence-electron chi connectivity index (χ3n) is 7.20. The molecule has 1 aliphatic carbocycles. The number of anilines is 1. The van der Waals surface area contributed by atoms with Gasteiger partial charge in [0.05, 0.1) is 25.6 Å². The third kappa shape index (κ3) is 6.37. The Kier molecular flexibility index (Phi) is 8.38. The topological polar surface area (TPSA) is 269 Å². The van der Waals surface area contributed by atoms with Crippen molar-refractivity contribution in [3.05, 3.63) is 12.7 Å². The number of fused-ring (bicyclic) bond motifs is 2. The minimum Gasteiger partial charge on any atom is -0.455 e. The van der Waals surface area contributed by atoms with Crippen molar-refractivity contribution in [2.45, 2.75) is 55.3 Å². The molecule has 19 nitrogen and oxygen atoms in total. The number of nitrogens with zero attached hydrogens (tertiary/aromatic N) is 4. The number of hydrogen-bond acceptors (Lipinski definition) is 16. The number of hydrogen-bond donors (Lipinski definition) is 6. The molecule has 0 spiro atoms. The Morgan fingerprint density at radius 1 is 1.14 bits per heavy atom. The van der Waals surface area contributed by atoms with Gasteiger partial charge in [-0.15, -0.1) is 11.8 Å². The molecule has 6 rings (SSSR count). The molecule has 4 aliphatic rings. The van der Waals surface area contributed by atoms with Gasteiger partial charge in [-0.3, -0.25) is 28.2 Å². The van der Waals surface area contributed by atoms with E-state index in [0.29, 0.717) is 18.1 Å². The Labute approximate surface area is 241 Å². The minimum absolute atomic E-state index is 0.0931. The lowest BCUT2D eigenvalue weighted by atomic mass is 10.1. The van der Waals surface area contributed by atoms with Crippen LogP contribution in [0.3, 0.4) is 0 Å². The molecule has 4 fully saturated rings. The summed E-state index contributed by atoms with van der Waals surface area (Å²) in [6.45, 7) is -1.22. The summed E-state index contributed by atoms with van der Waals surface area (Å²) in [6.07, 6.45) is -4.58. The number of esters is 1. The number of rotatable bonds is 11. The van der Waals surface area contributed by atoms with E-state index in [2.05, 4.69) is 24.8 Å². The van der Waals surface area contributed by atoms with Gasteiger partial charge in [0.15, 0.2) is 23.8 Å². The van der Waals surface area contributed by atoms with E-state index in [9.17, 15) is 23.9 Å². The summed E-state index contributed by atoms with van der Waals surface area (Å²) in [5.74, 6) is 0.143. The van der Waals surface area contributed by atoms with Gasteiger partial charge < -0.3 is 39.7 Å². The van der Waals surface area contributed by atoms with Crippen LogP contribution in [0.4, 0.5) is 5.82 Å². The molecular weight excluding hydrogens is 626 g/mol. The van der Waals surface area contributed by atoms with Crippen LogP contribution in [0.5, 0.6) is 0 Å². The van der Waals surface area contributed by atoms with Crippen LogP contribution >= 0.6 is 27.4 Å². The number of phosphoric ester groups is 2. The molecule has 3 aliphatic heterocycles. The van der Waals surface area contributed by atoms with Gasteiger partial charge in [0, 0.05) is 17.5 Å². The summed E-state index contributed by atoms with van der Waals surface area (Å²) in [5, 5.41) is 14.2. The molecule has 232 valence electrons. The Hall–Kier alpha value is -1.77. The molecule has 2 aromatic heterocycles. The van der Waals surface area contributed by atoms with E-state index in [1.807, 2.05) is 0 Å². The fraction of sp³-hybridized carbons (Fsp3) is 0.700. The van der Waals surface area contributed by atoms with E-state index in [4.69, 9.17) is 38.8 Å². The smallest absolute Gasteiger partial charge is 0.455 e. The van der Waals surface area contributed by atoms with Crippen LogP contribution in [-0.2, 0) is 41.7 Å². The van der Waals surface area contributed by atoms with E-state index in [-0.39, 0.29) is 29.0 Å². The summed E-state index contributed by atoms with van der Waals surface area (Å²) in [6, 6.07) is -0.627. The molecule has 0 aromatic carbocycles. The Bertz CT molecular complexity index is 1420. The highest BCUT2D eigenvalue weighted by Gasteiger charge is 2.58. The van der Waals surface area contributed by atoms with Crippen LogP contribution in [0.15, 0.2) is 12.7 Å². The lowest BCUT2D eigenvalue weighted by molar-refractivity contribution is -0.158. The van der Waals surface area contributed by atoms with Gasteiger partial charge in [-0.1, -0.05) is 0 Å². The zero-order chi connectivity index (χ0) is 29.8. The number of aliphatic hydroxyl groups is 1. The summed E-state index contributed by atoms with van der Waals surface area (Å²) in [5.41, 5.74) is 6.34. The molecular formula is C20H28N6O13P2S. The monoisotopic (exact) mass is 654 g/mol. The van der Waals surface area contributed by atoms with Crippen LogP contribution in [0.1, 0.15) is 12.6 Å². The van der Waals surface area contributed by atoms with Crippen LogP contribution in [0.25, 0.3) is 11.2 Å². The fourth-order valence-corrected chi connectivity index (χ4v) is 7.38. The standard InChI is InChI=1S/C20H28N6O13P2S/c21-17-13-18(23-5-22-17)26(6-24-13)19-14(27)16(38-20(28)9-4-42-7-25-9)12(37-19)3-35-41(32,33)39-15-8-1-10(8)36-11(15)2-34-40(29,30)31/h5-6,8-12,14-16,19,25,27H,1-4,7H2,(H,32,33)(H2,21,22,23)(H2,29,30,31)/t8?,9-,10-,11+,12+,14+,15-,16+,19+/m0/s1. The number of imidazole rings is 1. The average molecular weight is 654 g/mol. The van der Waals surface area contributed by atoms with Gasteiger partial charge in [-0.25, -0.2) is 24.1 Å². The molecule has 1 saturated carbocycles. The first-order chi connectivity index (χ1) is 19.9. The minimum atomic E-state index is -4.84. The third-order valence-corrected chi connectivity index (χ3v) is 9.61. The van der Waals surface area contributed by atoms with Crippen LogP contribution in [-0.4, -0.2) is 113 Å². The van der Waals surface area contributed by atoms with Crippen molar-refractivity contribution in [2.24, 2.45) is 5.92 Å². The zero-order valence-electron chi connectivity index (χ0n) is 21.5. The zero-order valence-corrected chi connectivity index (χ0v) is 24.1. The summed E-state index contributed by atoms with van der Waals surface area (Å²) in [4.78, 5) is 53.5. The van der Waals surface area contributed by atoms with E-state index in [1.165, 1.54) is 29.0 Å². The maximum Gasteiger partial charge on any atom is 0.472 e. The number of nitrogens with two attached hydrogens (primary N) is 1. The number of ether oxygens (including phenoxy) is 3. The molecule has 3 saturated heterocycles. The van der Waals surface area contributed by atoms with Crippen molar-refractivity contribution >= 4 is 50.4 Å². The van der Waals surface area contributed by atoms with Crippen molar-refractivity contribution in [1.29, 1.82) is 0 Å². The number of carbonyl (C=O) groups excluding carboxylic acids is 1. The maximum atomic E-state index is 13.0. The summed E-state index contributed by atoms with van der Waals surface area (Å²) < 4.78 is 57.6. The quantitative estimate of drug-likeness (QED) is 0.121. The number of aliphatic hydroxyl groups excluding tert-OH is 1. The number of carbonyl (C=O) groups is 1. The molecule has 10 atom stereocenters. The molecule has 5 heterocycles. The van der Waals surface area contributed by atoms with Gasteiger partial charge in [-0.05, 0) is 6.42 Å². The summed E-state index contributed by atoms with van der Waals surface area (Å²) >= 11 is 1.49. The molecule has 22 heteroatoms. The number of aromatic nitrogens is 4. The predicted octanol–water partition coefficient (Wildman–Crippen LogP) is -1.36. The highest BCUT2D eigenvalue weighted by atomic mass is 32.2. The molecule has 7 N–H and O–H groups in total. The SMILES string of the molecule is Nc1ncnc2c1ncn2[C@@H]1O[C@H](COP(=O)(O)O[C@H]2C3C[C@@H]3O[C@@H]2COP(=O)(O)O)[C@@H](OC(=O)[C@@H]2CSCN2)[C@H]1O. The molecule has 0 bridgehead atoms. The number of nitrogen functional groups attached to an aromatic ring is 1. The van der Waals surface area contributed by atoms with E-state index in [1.54, 1.807) is 0 Å². The molecule has 2 aromatic rings. The lowest BCUT2D eigenvalue weighted by Crippen LogP contribution is -2.43. The molecule has 42 heavy (non-hydrogen) atoms. The van der Waals surface area contributed by atoms with Crippen LogP contribution in [0, 0.1) is 5.92 Å². The predicted molar refractivity (Wildman–Crippen MR) is 139 cm³/mol. The Balaban J connectivity index is 1.16. The van der Waals surface area contributed by atoms with Crippen molar-refractivity contribution in [3.8, 4) is 0 Å². The van der Waals surface area contributed by atoms with E-state index < -0.39 is 77.6 Å². The van der Waals surface area contributed by atoms with Crippen molar-refractivity contribution in [1.82, 2.24) is 24.8 Å². The highest BCUT2D eigenvalue weighted by molar-refractivity contribution is 7.99. The number of thioether (sulfide) groups is 1. The molecule has 0 radical (unpaired) electrons. The number of phosphoric acid groups is 2. The summed E-state index contributed by atoms with van der Waals surface area (Å²) in [7, 11) is -9.65. The van der Waals surface area contributed by atoms with E-state index >= 15 is 0 Å². The molecule has 2 unspecified atom stereocenters. The van der Waals surface area contributed by atoms with Gasteiger partial charge in [0.1, 0.15) is 42.3 Å². The lowest BCUT2D eigenvalue weighted by Gasteiger charge is -2.25. The first-order valence-corrected chi connectivity index (χ1v) is 16.9. The van der Waals surface area contributed by atoms with Gasteiger partial charge in [0.25, 0.3) is 0 Å². The highest BCUT2D eigenvalue weighted by Crippen LogP contribution is 2.55.